The van der Waals surface area contributed by atoms with E-state index in [0.717, 1.165) is 18.4 Å². The summed E-state index contributed by atoms with van der Waals surface area (Å²) >= 11 is 1.35. The lowest BCUT2D eigenvalue weighted by molar-refractivity contribution is -0.136. The van der Waals surface area contributed by atoms with E-state index >= 15 is 0 Å². The second-order valence-electron chi connectivity index (χ2n) is 7.34. The first-order valence-electron chi connectivity index (χ1n) is 10.1. The fourth-order valence-corrected chi connectivity index (χ4v) is 3.81. The summed E-state index contributed by atoms with van der Waals surface area (Å²) in [5, 5.41) is 14.7. The SMILES string of the molecule is C=C(OCSC)C(=N)/C=C(\Nc1ccccc1C(F)(F)F)c1nc(-c2cccc(S(C)(=O)=O)c2)no1. The molecule has 0 spiro atoms. The zero-order chi connectivity index (χ0) is 26.5. The van der Waals surface area contributed by atoms with Crippen LogP contribution in [0.25, 0.3) is 17.1 Å². The van der Waals surface area contributed by atoms with Crippen LogP contribution < -0.4 is 5.32 Å². The lowest BCUT2D eigenvalue weighted by atomic mass is 10.1. The summed E-state index contributed by atoms with van der Waals surface area (Å²) in [6, 6.07) is 10.6. The highest BCUT2D eigenvalue weighted by Gasteiger charge is 2.33. The molecule has 0 saturated carbocycles. The molecule has 0 atom stereocenters. The third kappa shape index (κ3) is 6.76. The molecule has 3 aromatic rings. The van der Waals surface area contributed by atoms with Gasteiger partial charge in [0, 0.05) is 11.8 Å². The zero-order valence-corrected chi connectivity index (χ0v) is 20.7. The Morgan fingerprint density at radius 3 is 2.64 bits per heavy atom. The number of alkyl halides is 3. The number of benzene rings is 2. The summed E-state index contributed by atoms with van der Waals surface area (Å²) in [6.07, 6.45) is -0.667. The number of sulfone groups is 1. The van der Waals surface area contributed by atoms with Crippen molar-refractivity contribution < 1.29 is 30.8 Å². The minimum Gasteiger partial charge on any atom is -0.481 e. The average Bonchev–Trinajstić information content (AvgIpc) is 3.31. The normalized spacial score (nSPS) is 12.3. The van der Waals surface area contributed by atoms with Crippen molar-refractivity contribution in [3.8, 4) is 11.4 Å². The highest BCUT2D eigenvalue weighted by atomic mass is 32.2. The summed E-state index contributed by atoms with van der Waals surface area (Å²) in [6.45, 7) is 3.65. The molecule has 1 aromatic heterocycles. The molecule has 36 heavy (non-hydrogen) atoms. The van der Waals surface area contributed by atoms with Gasteiger partial charge < -0.3 is 14.6 Å². The smallest absolute Gasteiger partial charge is 0.418 e. The Balaban J connectivity index is 2.05. The van der Waals surface area contributed by atoms with Crippen molar-refractivity contribution in [2.75, 3.05) is 23.8 Å². The highest BCUT2D eigenvalue weighted by Crippen LogP contribution is 2.36. The van der Waals surface area contributed by atoms with Gasteiger partial charge in [-0.25, -0.2) is 8.42 Å². The molecule has 8 nitrogen and oxygen atoms in total. The van der Waals surface area contributed by atoms with Crippen LogP contribution in [0.2, 0.25) is 0 Å². The third-order valence-corrected chi connectivity index (χ3v) is 6.08. The molecule has 0 aliphatic heterocycles. The molecule has 2 N–H and O–H groups in total. The number of nitrogens with one attached hydrogen (secondary N) is 2. The Morgan fingerprint density at radius 2 is 1.97 bits per heavy atom. The monoisotopic (exact) mass is 538 g/mol. The molecular formula is C23H21F3N4O4S2. The molecule has 1 heterocycles. The van der Waals surface area contributed by atoms with Gasteiger partial charge in [0.2, 0.25) is 5.82 Å². The van der Waals surface area contributed by atoms with Gasteiger partial charge in [-0.05, 0) is 36.6 Å². The molecule has 0 bridgehead atoms. The van der Waals surface area contributed by atoms with Crippen LogP contribution in [0.15, 0.2) is 76.4 Å². The number of nitrogens with zero attached hydrogens (tertiary/aromatic N) is 2. The van der Waals surface area contributed by atoms with Crippen LogP contribution in [0.1, 0.15) is 11.5 Å². The van der Waals surface area contributed by atoms with E-state index in [1.54, 1.807) is 12.3 Å². The van der Waals surface area contributed by atoms with Gasteiger partial charge in [0.15, 0.2) is 9.84 Å². The van der Waals surface area contributed by atoms with Crippen LogP contribution in [-0.2, 0) is 20.8 Å². The van der Waals surface area contributed by atoms with Gasteiger partial charge in [-0.2, -0.15) is 18.2 Å². The van der Waals surface area contributed by atoms with Crippen LogP contribution in [-0.4, -0.2) is 42.7 Å². The van der Waals surface area contributed by atoms with Crippen molar-refractivity contribution in [2.24, 2.45) is 0 Å². The Hall–Kier alpha value is -3.58. The van der Waals surface area contributed by atoms with E-state index in [0.29, 0.717) is 5.56 Å². The minimum atomic E-state index is -4.65. The number of hydrogen-bond acceptors (Lipinski definition) is 9. The maximum atomic E-state index is 13.6. The van der Waals surface area contributed by atoms with Crippen LogP contribution in [0.4, 0.5) is 18.9 Å². The molecule has 0 unspecified atom stereocenters. The van der Waals surface area contributed by atoms with Crippen molar-refractivity contribution in [3.63, 3.8) is 0 Å². The Morgan fingerprint density at radius 1 is 1.25 bits per heavy atom. The second kappa shape index (κ2) is 11.0. The first-order chi connectivity index (χ1) is 16.9. The molecule has 13 heteroatoms. The maximum absolute atomic E-state index is 13.6. The molecule has 190 valence electrons. The number of anilines is 1. The summed E-state index contributed by atoms with van der Waals surface area (Å²) in [7, 11) is -3.51. The van der Waals surface area contributed by atoms with Crippen LogP contribution in [0, 0.1) is 5.41 Å². The first kappa shape index (κ1) is 27.0. The molecule has 0 fully saturated rings. The van der Waals surface area contributed by atoms with Crippen LogP contribution in [0.5, 0.6) is 0 Å². The zero-order valence-electron chi connectivity index (χ0n) is 19.1. The standard InChI is InChI=1S/C23H21F3N4O4S2/c1-14(33-13-35-2)18(27)12-20(28-19-10-5-4-9-17(19)23(24,25)26)22-29-21(30-34-22)15-7-6-8-16(11-15)36(3,31)32/h4-12,27-28H,1,13H2,2-3H3/b20-12-,27-18?. The summed E-state index contributed by atoms with van der Waals surface area (Å²) in [5.41, 5.74) is -1.30. The van der Waals surface area contributed by atoms with Crippen molar-refractivity contribution in [1.82, 2.24) is 10.1 Å². The van der Waals surface area contributed by atoms with E-state index in [4.69, 9.17) is 14.7 Å². The molecule has 0 saturated heterocycles. The fourth-order valence-electron chi connectivity index (χ4n) is 2.88. The largest absolute Gasteiger partial charge is 0.481 e. The van der Waals surface area contributed by atoms with E-state index in [-0.39, 0.29) is 45.4 Å². The molecular weight excluding hydrogens is 517 g/mol. The summed E-state index contributed by atoms with van der Waals surface area (Å²) in [5.74, 6) is -0.0466. The predicted molar refractivity (Wildman–Crippen MR) is 132 cm³/mol. The summed E-state index contributed by atoms with van der Waals surface area (Å²) in [4.78, 5) is 4.24. The highest BCUT2D eigenvalue weighted by molar-refractivity contribution is 7.98. The van der Waals surface area contributed by atoms with Gasteiger partial charge in [0.1, 0.15) is 17.4 Å². The Kier molecular flexibility index (Phi) is 8.25. The fraction of sp³-hybridized carbons (Fsp3) is 0.174. The number of ether oxygens (including phenoxy) is 1. The number of para-hydroxylation sites is 1. The van der Waals surface area contributed by atoms with Gasteiger partial charge >= 0.3 is 6.18 Å². The quantitative estimate of drug-likeness (QED) is 0.198. The molecule has 0 aliphatic rings. The first-order valence-corrected chi connectivity index (χ1v) is 13.4. The van der Waals surface area contributed by atoms with Crippen molar-refractivity contribution in [2.45, 2.75) is 11.1 Å². The van der Waals surface area contributed by atoms with Crippen LogP contribution in [0.3, 0.4) is 0 Å². The lowest BCUT2D eigenvalue weighted by Crippen LogP contribution is -2.12. The van der Waals surface area contributed by atoms with Gasteiger partial charge in [-0.1, -0.05) is 36.0 Å². The average molecular weight is 539 g/mol. The molecule has 3 rings (SSSR count). The predicted octanol–water partition coefficient (Wildman–Crippen LogP) is 5.48. The number of rotatable bonds is 10. The van der Waals surface area contributed by atoms with Gasteiger partial charge in [0.25, 0.3) is 5.89 Å². The van der Waals surface area contributed by atoms with Crippen molar-refractivity contribution in [3.05, 3.63) is 78.4 Å². The van der Waals surface area contributed by atoms with Crippen LogP contribution >= 0.6 is 11.8 Å². The summed E-state index contributed by atoms with van der Waals surface area (Å²) < 4.78 is 75.0. The van der Waals surface area contributed by atoms with E-state index in [1.807, 2.05) is 0 Å². The number of aromatic nitrogens is 2. The van der Waals surface area contributed by atoms with Gasteiger partial charge in [0.05, 0.1) is 21.9 Å². The van der Waals surface area contributed by atoms with E-state index in [1.165, 1.54) is 48.2 Å². The topological polar surface area (TPSA) is 118 Å². The minimum absolute atomic E-state index is 0.00343. The molecule has 2 aromatic carbocycles. The van der Waals surface area contributed by atoms with E-state index in [9.17, 15) is 21.6 Å². The number of thioether (sulfide) groups is 1. The lowest BCUT2D eigenvalue weighted by Gasteiger charge is -2.15. The number of hydrogen-bond donors (Lipinski definition) is 2. The Bertz CT molecular complexity index is 1420. The van der Waals surface area contributed by atoms with Gasteiger partial charge in [-0.15, -0.1) is 11.8 Å². The van der Waals surface area contributed by atoms with E-state index < -0.39 is 21.6 Å². The molecule has 0 amide bonds. The second-order valence-corrected chi connectivity index (χ2v) is 10.2. The third-order valence-electron chi connectivity index (χ3n) is 4.62. The number of halogens is 3. The molecule has 0 aliphatic carbocycles. The van der Waals surface area contributed by atoms with E-state index in [2.05, 4.69) is 22.0 Å². The molecule has 0 radical (unpaired) electrons. The van der Waals surface area contributed by atoms with Crippen molar-refractivity contribution >= 4 is 38.7 Å². The van der Waals surface area contributed by atoms with Gasteiger partial charge in [-0.3, -0.25) is 5.41 Å². The maximum Gasteiger partial charge on any atom is 0.418 e. The number of allylic oxidation sites excluding steroid dienone is 1. The van der Waals surface area contributed by atoms with Crippen molar-refractivity contribution in [1.29, 1.82) is 5.41 Å². The Labute approximate surface area is 209 Å².